The van der Waals surface area contributed by atoms with E-state index in [4.69, 9.17) is 16.2 Å². The number of unbranched alkanes of at least 4 members (excludes halogenated alkanes) is 12. The normalized spacial score (nSPS) is 10.8. The predicted molar refractivity (Wildman–Crippen MR) is 111 cm³/mol. The maximum Gasteiger partial charge on any atom is 0.311 e. The van der Waals surface area contributed by atoms with E-state index in [-0.39, 0.29) is 5.97 Å². The molecule has 148 valence electrons. The molecule has 0 fully saturated rings. The van der Waals surface area contributed by atoms with Gasteiger partial charge in [0.25, 0.3) is 0 Å². The highest BCUT2D eigenvalue weighted by Crippen LogP contribution is 2.27. The van der Waals surface area contributed by atoms with Crippen molar-refractivity contribution >= 4 is 17.3 Å². The van der Waals surface area contributed by atoms with Gasteiger partial charge in [-0.25, -0.2) is 0 Å². The number of benzene rings is 1. The predicted octanol–water partition coefficient (Wildman–Crippen LogP) is 6.24. The SMILES string of the molecule is CCCCCCCCCCCCCCCC(=O)Oc1cccc(N)c1N. The number of hydrogen-bond donors (Lipinski definition) is 2. The van der Waals surface area contributed by atoms with Crippen LogP contribution in [0.3, 0.4) is 0 Å². The lowest BCUT2D eigenvalue weighted by atomic mass is 10.0. The lowest BCUT2D eigenvalue weighted by molar-refractivity contribution is -0.134. The van der Waals surface area contributed by atoms with Crippen molar-refractivity contribution in [3.8, 4) is 5.75 Å². The maximum atomic E-state index is 11.9. The Morgan fingerprint density at radius 3 is 1.85 bits per heavy atom. The molecule has 0 aliphatic heterocycles. The van der Waals surface area contributed by atoms with Crippen molar-refractivity contribution in [2.75, 3.05) is 11.5 Å². The van der Waals surface area contributed by atoms with Crippen LogP contribution in [0.1, 0.15) is 96.8 Å². The van der Waals surface area contributed by atoms with Crippen molar-refractivity contribution < 1.29 is 9.53 Å². The monoisotopic (exact) mass is 362 g/mol. The molecule has 0 spiro atoms. The second kappa shape index (κ2) is 14.5. The van der Waals surface area contributed by atoms with Crippen LogP contribution in [-0.4, -0.2) is 5.97 Å². The van der Waals surface area contributed by atoms with Gasteiger partial charge < -0.3 is 16.2 Å². The Labute approximate surface area is 159 Å². The molecule has 0 radical (unpaired) electrons. The van der Waals surface area contributed by atoms with Crippen molar-refractivity contribution in [1.29, 1.82) is 0 Å². The van der Waals surface area contributed by atoms with E-state index < -0.39 is 0 Å². The molecular formula is C22H38N2O2. The zero-order chi connectivity index (χ0) is 19.0. The molecule has 0 saturated heterocycles. The third-order valence-corrected chi connectivity index (χ3v) is 4.81. The molecule has 0 saturated carbocycles. The third-order valence-electron chi connectivity index (χ3n) is 4.81. The summed E-state index contributed by atoms with van der Waals surface area (Å²) in [7, 11) is 0. The van der Waals surface area contributed by atoms with E-state index in [1.165, 1.54) is 70.6 Å². The zero-order valence-electron chi connectivity index (χ0n) is 16.6. The standard InChI is InChI=1S/C22H38N2O2/c1-2-3-4-5-6-7-8-9-10-11-12-13-14-18-21(25)26-20-17-15-16-19(23)22(20)24/h15-17H,2-14,18,23-24H2,1H3. The Morgan fingerprint density at radius 2 is 1.31 bits per heavy atom. The topological polar surface area (TPSA) is 78.3 Å². The zero-order valence-corrected chi connectivity index (χ0v) is 16.6. The molecule has 0 unspecified atom stereocenters. The number of anilines is 2. The first kappa shape index (κ1) is 22.3. The molecule has 4 N–H and O–H groups in total. The average Bonchev–Trinajstić information content (AvgIpc) is 2.63. The first-order valence-corrected chi connectivity index (χ1v) is 10.5. The number of carbonyl (C=O) groups excluding carboxylic acids is 1. The lowest BCUT2D eigenvalue weighted by Gasteiger charge is -2.08. The van der Waals surface area contributed by atoms with Crippen LogP contribution in [0.5, 0.6) is 5.75 Å². The van der Waals surface area contributed by atoms with Gasteiger partial charge in [-0.15, -0.1) is 0 Å². The number of hydrogen-bond acceptors (Lipinski definition) is 4. The third kappa shape index (κ3) is 10.3. The van der Waals surface area contributed by atoms with E-state index in [0.29, 0.717) is 23.5 Å². The quantitative estimate of drug-likeness (QED) is 0.167. The van der Waals surface area contributed by atoms with E-state index in [0.717, 1.165) is 12.8 Å². The molecule has 0 bridgehead atoms. The largest absolute Gasteiger partial charge is 0.424 e. The fourth-order valence-electron chi connectivity index (χ4n) is 3.11. The van der Waals surface area contributed by atoms with Gasteiger partial charge >= 0.3 is 5.97 Å². The highest BCUT2D eigenvalue weighted by molar-refractivity contribution is 5.78. The van der Waals surface area contributed by atoms with E-state index in [1.54, 1.807) is 18.2 Å². The van der Waals surface area contributed by atoms with Gasteiger partial charge in [-0.05, 0) is 18.6 Å². The van der Waals surface area contributed by atoms with Crippen LogP contribution >= 0.6 is 0 Å². The molecule has 0 heterocycles. The van der Waals surface area contributed by atoms with Crippen LogP contribution in [0, 0.1) is 0 Å². The van der Waals surface area contributed by atoms with E-state index in [9.17, 15) is 4.79 Å². The number of para-hydroxylation sites is 1. The summed E-state index contributed by atoms with van der Waals surface area (Å²) >= 11 is 0. The Bertz CT molecular complexity index is 503. The number of carbonyl (C=O) groups is 1. The molecule has 1 rings (SSSR count). The van der Waals surface area contributed by atoms with Gasteiger partial charge in [0.15, 0.2) is 5.75 Å². The van der Waals surface area contributed by atoms with Crippen molar-refractivity contribution in [1.82, 2.24) is 0 Å². The number of nitrogen functional groups attached to an aromatic ring is 2. The fourth-order valence-corrected chi connectivity index (χ4v) is 3.11. The highest BCUT2D eigenvalue weighted by atomic mass is 16.5. The Kier molecular flexibility index (Phi) is 12.4. The average molecular weight is 363 g/mol. The molecule has 26 heavy (non-hydrogen) atoms. The Balaban J connectivity index is 1.92. The summed E-state index contributed by atoms with van der Waals surface area (Å²) in [5.74, 6) is 0.134. The molecular weight excluding hydrogens is 324 g/mol. The Hall–Kier alpha value is -1.71. The van der Waals surface area contributed by atoms with Crippen molar-refractivity contribution in [2.45, 2.75) is 96.8 Å². The van der Waals surface area contributed by atoms with Crippen LogP contribution in [0.4, 0.5) is 11.4 Å². The second-order valence-corrected chi connectivity index (χ2v) is 7.23. The molecule has 0 aliphatic carbocycles. The molecule has 1 aromatic rings. The lowest BCUT2D eigenvalue weighted by Crippen LogP contribution is -2.09. The highest BCUT2D eigenvalue weighted by Gasteiger charge is 2.09. The smallest absolute Gasteiger partial charge is 0.311 e. The molecule has 1 aromatic carbocycles. The summed E-state index contributed by atoms with van der Waals surface area (Å²) in [4.78, 5) is 11.9. The van der Waals surface area contributed by atoms with Crippen molar-refractivity contribution in [3.63, 3.8) is 0 Å². The minimum absolute atomic E-state index is 0.231. The number of esters is 1. The molecule has 4 nitrogen and oxygen atoms in total. The van der Waals surface area contributed by atoms with E-state index in [2.05, 4.69) is 6.92 Å². The summed E-state index contributed by atoms with van der Waals surface area (Å²) in [6, 6.07) is 5.10. The minimum atomic E-state index is -0.231. The summed E-state index contributed by atoms with van der Waals surface area (Å²) in [6.45, 7) is 2.26. The van der Waals surface area contributed by atoms with Gasteiger partial charge in [-0.1, -0.05) is 90.0 Å². The first-order valence-electron chi connectivity index (χ1n) is 10.5. The molecule has 4 heteroatoms. The van der Waals surface area contributed by atoms with Crippen LogP contribution in [0.25, 0.3) is 0 Å². The first-order chi connectivity index (χ1) is 12.6. The van der Waals surface area contributed by atoms with Gasteiger partial charge in [-0.2, -0.15) is 0 Å². The van der Waals surface area contributed by atoms with Crippen molar-refractivity contribution in [2.24, 2.45) is 0 Å². The molecule has 0 amide bonds. The second-order valence-electron chi connectivity index (χ2n) is 7.23. The van der Waals surface area contributed by atoms with Crippen molar-refractivity contribution in [3.05, 3.63) is 18.2 Å². The van der Waals surface area contributed by atoms with Crippen LogP contribution in [-0.2, 0) is 4.79 Å². The van der Waals surface area contributed by atoms with E-state index in [1.807, 2.05) is 0 Å². The summed E-state index contributed by atoms with van der Waals surface area (Å²) in [6.07, 6.45) is 17.2. The van der Waals surface area contributed by atoms with Gasteiger partial charge in [0, 0.05) is 6.42 Å². The number of ether oxygens (including phenoxy) is 1. The number of rotatable bonds is 15. The summed E-state index contributed by atoms with van der Waals surface area (Å²) < 4.78 is 5.29. The van der Waals surface area contributed by atoms with E-state index >= 15 is 0 Å². The van der Waals surface area contributed by atoms with Gasteiger partial charge in [0.2, 0.25) is 0 Å². The maximum absolute atomic E-state index is 11.9. The van der Waals surface area contributed by atoms with Gasteiger partial charge in [-0.3, -0.25) is 4.79 Å². The van der Waals surface area contributed by atoms with Gasteiger partial charge in [0.1, 0.15) is 0 Å². The fraction of sp³-hybridized carbons (Fsp3) is 0.682. The van der Waals surface area contributed by atoms with Crippen LogP contribution in [0.15, 0.2) is 18.2 Å². The number of nitrogens with two attached hydrogens (primary N) is 2. The summed E-state index contributed by atoms with van der Waals surface area (Å²) in [5, 5.41) is 0. The van der Waals surface area contributed by atoms with Gasteiger partial charge in [0.05, 0.1) is 11.4 Å². The molecule has 0 atom stereocenters. The van der Waals surface area contributed by atoms with Crippen LogP contribution in [0.2, 0.25) is 0 Å². The minimum Gasteiger partial charge on any atom is -0.424 e. The molecule has 0 aliphatic rings. The molecule has 0 aromatic heterocycles. The Morgan fingerprint density at radius 1 is 0.808 bits per heavy atom. The van der Waals surface area contributed by atoms with Crippen LogP contribution < -0.4 is 16.2 Å². The summed E-state index contributed by atoms with van der Waals surface area (Å²) in [5.41, 5.74) is 12.3.